The molecule has 2 heteroatoms. The molecular weight excluding hydrogens is 254 g/mol. The highest BCUT2D eigenvalue weighted by Crippen LogP contribution is 2.29. The van der Waals surface area contributed by atoms with Gasteiger partial charge in [-0.25, -0.2) is 0 Å². The molecule has 1 unspecified atom stereocenters. The Balaban J connectivity index is 2.40. The van der Waals surface area contributed by atoms with Gasteiger partial charge in [0, 0.05) is 11.1 Å². The highest BCUT2D eigenvalue weighted by Gasteiger charge is 2.07. The smallest absolute Gasteiger partial charge is 0.0438 e. The van der Waals surface area contributed by atoms with Gasteiger partial charge in [0.2, 0.25) is 0 Å². The second-order valence-corrected chi connectivity index (χ2v) is 5.46. The van der Waals surface area contributed by atoms with Crippen molar-refractivity contribution in [3.8, 4) is 11.1 Å². The van der Waals surface area contributed by atoms with Gasteiger partial charge in [0.1, 0.15) is 0 Å². The van der Waals surface area contributed by atoms with Crippen LogP contribution in [0, 0.1) is 13.8 Å². The maximum absolute atomic E-state index is 6.15. The Hall–Kier alpha value is -1.31. The summed E-state index contributed by atoms with van der Waals surface area (Å²) >= 11 is 6.15. The van der Waals surface area contributed by atoms with Gasteiger partial charge in [-0.3, -0.25) is 0 Å². The molecular formula is C17H20ClN. The number of hydrogen-bond acceptors (Lipinski definition) is 1. The minimum absolute atomic E-state index is 0.377. The third kappa shape index (κ3) is 2.99. The van der Waals surface area contributed by atoms with E-state index in [9.17, 15) is 0 Å². The first-order chi connectivity index (χ1) is 9.02. The molecule has 0 radical (unpaired) electrons. The SMILES string of the molecule is CNC(C)c1ccc(-c2cc(C)c(Cl)cc2C)cc1. The van der Waals surface area contributed by atoms with E-state index in [1.807, 2.05) is 20.0 Å². The zero-order valence-electron chi connectivity index (χ0n) is 11.9. The molecule has 0 aromatic heterocycles. The standard InChI is InChI=1S/C17H20ClN/c1-11-10-17(18)12(2)9-16(11)15-7-5-14(6-8-15)13(3)19-4/h5-10,13,19H,1-4H3. The Kier molecular flexibility index (Phi) is 4.28. The molecule has 0 heterocycles. The first-order valence-electron chi connectivity index (χ1n) is 6.57. The van der Waals surface area contributed by atoms with Crippen molar-refractivity contribution in [1.29, 1.82) is 0 Å². The first kappa shape index (κ1) is 14.1. The van der Waals surface area contributed by atoms with Crippen LogP contribution in [0.5, 0.6) is 0 Å². The Labute approximate surface area is 120 Å². The lowest BCUT2D eigenvalue weighted by atomic mass is 9.96. The molecule has 2 rings (SSSR count). The predicted octanol–water partition coefficient (Wildman–Crippen LogP) is 4.90. The highest BCUT2D eigenvalue weighted by atomic mass is 35.5. The molecule has 0 aliphatic rings. The Morgan fingerprint density at radius 1 is 1.00 bits per heavy atom. The summed E-state index contributed by atoms with van der Waals surface area (Å²) in [5, 5.41) is 4.09. The molecule has 100 valence electrons. The maximum atomic E-state index is 6.15. The summed E-state index contributed by atoms with van der Waals surface area (Å²) in [5.41, 5.74) is 6.13. The molecule has 2 aromatic rings. The normalized spacial score (nSPS) is 12.5. The van der Waals surface area contributed by atoms with Crippen molar-refractivity contribution in [2.45, 2.75) is 26.8 Å². The van der Waals surface area contributed by atoms with Gasteiger partial charge < -0.3 is 5.32 Å². The fourth-order valence-electron chi connectivity index (χ4n) is 2.21. The fourth-order valence-corrected chi connectivity index (χ4v) is 2.43. The van der Waals surface area contributed by atoms with E-state index in [1.54, 1.807) is 0 Å². The van der Waals surface area contributed by atoms with Crippen molar-refractivity contribution in [2.75, 3.05) is 7.05 Å². The lowest BCUT2D eigenvalue weighted by Gasteiger charge is -2.13. The van der Waals surface area contributed by atoms with Crippen LogP contribution in [0.25, 0.3) is 11.1 Å². The maximum Gasteiger partial charge on any atom is 0.0438 e. The van der Waals surface area contributed by atoms with E-state index in [4.69, 9.17) is 11.6 Å². The molecule has 0 saturated carbocycles. The van der Waals surface area contributed by atoms with E-state index in [-0.39, 0.29) is 0 Å². The summed E-state index contributed by atoms with van der Waals surface area (Å²) in [4.78, 5) is 0. The number of benzene rings is 2. The van der Waals surface area contributed by atoms with E-state index in [0.717, 1.165) is 10.6 Å². The third-order valence-electron chi connectivity index (χ3n) is 3.66. The number of nitrogens with one attached hydrogen (secondary N) is 1. The summed E-state index contributed by atoms with van der Waals surface area (Å²) in [6.45, 7) is 6.31. The molecule has 19 heavy (non-hydrogen) atoms. The van der Waals surface area contributed by atoms with Crippen LogP contribution in [0.3, 0.4) is 0 Å². The second-order valence-electron chi connectivity index (χ2n) is 5.05. The van der Waals surface area contributed by atoms with Gasteiger partial charge in [0.15, 0.2) is 0 Å². The summed E-state index contributed by atoms with van der Waals surface area (Å²) in [5.74, 6) is 0. The van der Waals surface area contributed by atoms with E-state index in [1.165, 1.54) is 22.3 Å². The minimum atomic E-state index is 0.377. The Morgan fingerprint density at radius 3 is 2.21 bits per heavy atom. The minimum Gasteiger partial charge on any atom is -0.313 e. The van der Waals surface area contributed by atoms with Crippen molar-refractivity contribution in [2.24, 2.45) is 0 Å². The predicted molar refractivity (Wildman–Crippen MR) is 83.8 cm³/mol. The van der Waals surface area contributed by atoms with Gasteiger partial charge in [0.05, 0.1) is 0 Å². The topological polar surface area (TPSA) is 12.0 Å². The van der Waals surface area contributed by atoms with Crippen LogP contribution < -0.4 is 5.32 Å². The number of aryl methyl sites for hydroxylation is 2. The van der Waals surface area contributed by atoms with Crippen molar-refractivity contribution in [3.05, 3.63) is 58.1 Å². The van der Waals surface area contributed by atoms with Crippen LogP contribution in [0.2, 0.25) is 5.02 Å². The molecule has 2 aromatic carbocycles. The van der Waals surface area contributed by atoms with Crippen LogP contribution in [0.15, 0.2) is 36.4 Å². The summed E-state index contributed by atoms with van der Waals surface area (Å²) in [6.07, 6.45) is 0. The Bertz CT molecular complexity index is 573. The number of rotatable bonds is 3. The average Bonchev–Trinajstić information content (AvgIpc) is 2.42. The Morgan fingerprint density at radius 2 is 1.63 bits per heavy atom. The van der Waals surface area contributed by atoms with E-state index < -0.39 is 0 Å². The van der Waals surface area contributed by atoms with E-state index >= 15 is 0 Å². The van der Waals surface area contributed by atoms with Crippen LogP contribution in [-0.2, 0) is 0 Å². The van der Waals surface area contributed by atoms with Crippen molar-refractivity contribution < 1.29 is 0 Å². The molecule has 1 atom stereocenters. The molecule has 0 bridgehead atoms. The molecule has 0 aliphatic carbocycles. The fraction of sp³-hybridized carbons (Fsp3) is 0.294. The zero-order valence-corrected chi connectivity index (χ0v) is 12.7. The highest BCUT2D eigenvalue weighted by molar-refractivity contribution is 6.31. The lowest BCUT2D eigenvalue weighted by molar-refractivity contribution is 0.652. The third-order valence-corrected chi connectivity index (χ3v) is 4.07. The number of halogens is 1. The quantitative estimate of drug-likeness (QED) is 0.838. The van der Waals surface area contributed by atoms with Crippen molar-refractivity contribution in [3.63, 3.8) is 0 Å². The molecule has 0 fully saturated rings. The lowest BCUT2D eigenvalue weighted by Crippen LogP contribution is -2.11. The van der Waals surface area contributed by atoms with Gasteiger partial charge in [0.25, 0.3) is 0 Å². The summed E-state index contributed by atoms with van der Waals surface area (Å²) < 4.78 is 0. The van der Waals surface area contributed by atoms with Crippen LogP contribution >= 0.6 is 11.6 Å². The average molecular weight is 274 g/mol. The first-order valence-corrected chi connectivity index (χ1v) is 6.95. The van der Waals surface area contributed by atoms with Gasteiger partial charge in [-0.2, -0.15) is 0 Å². The van der Waals surface area contributed by atoms with Crippen LogP contribution in [0.1, 0.15) is 29.7 Å². The second kappa shape index (κ2) is 5.77. The summed E-state index contributed by atoms with van der Waals surface area (Å²) in [7, 11) is 1.98. The van der Waals surface area contributed by atoms with E-state index in [2.05, 4.69) is 49.5 Å². The molecule has 1 N–H and O–H groups in total. The van der Waals surface area contributed by atoms with Crippen LogP contribution in [-0.4, -0.2) is 7.05 Å². The van der Waals surface area contributed by atoms with Crippen molar-refractivity contribution in [1.82, 2.24) is 5.32 Å². The van der Waals surface area contributed by atoms with E-state index in [0.29, 0.717) is 6.04 Å². The number of hydrogen-bond donors (Lipinski definition) is 1. The molecule has 0 aliphatic heterocycles. The summed E-state index contributed by atoms with van der Waals surface area (Å²) in [6, 6.07) is 13.3. The van der Waals surface area contributed by atoms with Gasteiger partial charge in [-0.1, -0.05) is 35.9 Å². The zero-order chi connectivity index (χ0) is 14.0. The monoisotopic (exact) mass is 273 g/mol. The van der Waals surface area contributed by atoms with Gasteiger partial charge in [-0.05, 0) is 67.8 Å². The van der Waals surface area contributed by atoms with Crippen molar-refractivity contribution >= 4 is 11.6 Å². The molecule has 0 saturated heterocycles. The molecule has 0 amide bonds. The van der Waals surface area contributed by atoms with Gasteiger partial charge in [-0.15, -0.1) is 0 Å². The molecule has 1 nitrogen and oxygen atoms in total. The van der Waals surface area contributed by atoms with Crippen LogP contribution in [0.4, 0.5) is 0 Å². The molecule has 0 spiro atoms. The largest absolute Gasteiger partial charge is 0.313 e. The van der Waals surface area contributed by atoms with Gasteiger partial charge >= 0.3 is 0 Å².